The van der Waals surface area contributed by atoms with Crippen molar-refractivity contribution in [1.29, 1.82) is 0 Å². The summed E-state index contributed by atoms with van der Waals surface area (Å²) in [7, 11) is 0. The minimum atomic E-state index is 0.116. The van der Waals surface area contributed by atoms with E-state index in [4.69, 9.17) is 0 Å². The smallest absolute Gasteiger partial charge is 0.194 e. The molecule has 2 heteroatoms. The highest BCUT2D eigenvalue weighted by atomic mass is 32.1. The quantitative estimate of drug-likeness (QED) is 0.616. The van der Waals surface area contributed by atoms with Gasteiger partial charge in [0.15, 0.2) is 5.78 Å². The second-order valence-corrected chi connectivity index (χ2v) is 5.37. The Balaban J connectivity index is 2.21. The van der Waals surface area contributed by atoms with E-state index < -0.39 is 0 Å². The Kier molecular flexibility index (Phi) is 2.73. The van der Waals surface area contributed by atoms with E-state index in [1.807, 2.05) is 60.8 Å². The molecule has 0 saturated carbocycles. The summed E-state index contributed by atoms with van der Waals surface area (Å²) in [6.07, 6.45) is 0. The van der Waals surface area contributed by atoms with Crippen molar-refractivity contribution in [3.05, 3.63) is 69.9 Å². The Labute approximate surface area is 110 Å². The number of carbonyl (C=O) groups excluding carboxylic acids is 1. The number of rotatable bonds is 2. The van der Waals surface area contributed by atoms with Gasteiger partial charge in [0.25, 0.3) is 0 Å². The maximum atomic E-state index is 12.5. The normalized spacial score (nSPS) is 10.7. The van der Waals surface area contributed by atoms with E-state index in [0.717, 1.165) is 26.8 Å². The fourth-order valence-corrected chi connectivity index (χ4v) is 2.88. The maximum Gasteiger partial charge on any atom is 0.194 e. The number of hydrogen-bond acceptors (Lipinski definition) is 2. The molecule has 1 aromatic heterocycles. The Bertz CT molecular complexity index is 719. The largest absolute Gasteiger partial charge is 0.289 e. The summed E-state index contributed by atoms with van der Waals surface area (Å²) in [5.74, 6) is 0.116. The van der Waals surface area contributed by atoms with Crippen LogP contribution in [-0.4, -0.2) is 5.78 Å². The van der Waals surface area contributed by atoms with Crippen LogP contribution >= 0.6 is 11.3 Å². The summed E-state index contributed by atoms with van der Waals surface area (Å²) in [4.78, 5) is 13.6. The molecule has 0 aliphatic carbocycles. The number of aryl methyl sites for hydroxylation is 1. The minimum absolute atomic E-state index is 0.116. The summed E-state index contributed by atoms with van der Waals surface area (Å²) < 4.78 is 0. The number of hydrogen-bond donors (Lipinski definition) is 0. The van der Waals surface area contributed by atoms with Crippen LogP contribution < -0.4 is 0 Å². The molecule has 0 atom stereocenters. The number of fused-ring (bicyclic) bond motifs is 1. The zero-order chi connectivity index (χ0) is 12.5. The molecular weight excluding hydrogens is 240 g/mol. The van der Waals surface area contributed by atoms with E-state index in [9.17, 15) is 4.79 Å². The summed E-state index contributed by atoms with van der Waals surface area (Å²) in [6.45, 7) is 1.99. The molecule has 0 bridgehead atoms. The monoisotopic (exact) mass is 252 g/mol. The second-order valence-electron chi connectivity index (χ2n) is 4.25. The first-order valence-corrected chi connectivity index (χ1v) is 6.72. The molecule has 0 aliphatic rings. The van der Waals surface area contributed by atoms with Gasteiger partial charge in [-0.05, 0) is 29.1 Å². The number of ketones is 1. The Morgan fingerprint density at radius 1 is 0.944 bits per heavy atom. The van der Waals surface area contributed by atoms with Gasteiger partial charge in [-0.15, -0.1) is 11.3 Å². The molecule has 0 aliphatic heterocycles. The predicted octanol–water partition coefficient (Wildman–Crippen LogP) is 4.44. The molecule has 0 spiro atoms. The van der Waals surface area contributed by atoms with Gasteiger partial charge in [-0.1, -0.05) is 42.5 Å². The average molecular weight is 252 g/mol. The van der Waals surface area contributed by atoms with Gasteiger partial charge in [0, 0.05) is 16.0 Å². The Hall–Kier alpha value is -1.93. The SMILES string of the molecule is Cc1sccc1C(=O)c1cccc2ccccc12. The summed E-state index contributed by atoms with van der Waals surface area (Å²) in [5, 5.41) is 4.10. The van der Waals surface area contributed by atoms with Crippen LogP contribution in [-0.2, 0) is 0 Å². The fraction of sp³-hybridized carbons (Fsp3) is 0.0625. The van der Waals surface area contributed by atoms with Crippen molar-refractivity contribution in [2.45, 2.75) is 6.92 Å². The molecule has 0 radical (unpaired) electrons. The highest BCUT2D eigenvalue weighted by Crippen LogP contribution is 2.24. The molecule has 0 fully saturated rings. The summed E-state index contributed by atoms with van der Waals surface area (Å²) in [6, 6.07) is 15.8. The fourth-order valence-electron chi connectivity index (χ4n) is 2.19. The van der Waals surface area contributed by atoms with E-state index in [2.05, 4.69) is 0 Å². The summed E-state index contributed by atoms with van der Waals surface area (Å²) in [5.41, 5.74) is 1.60. The van der Waals surface area contributed by atoms with Crippen LogP contribution in [0.2, 0.25) is 0 Å². The standard InChI is InChI=1S/C16H12OS/c1-11-13(9-10-18-11)16(17)15-8-4-6-12-5-2-3-7-14(12)15/h2-10H,1H3. The van der Waals surface area contributed by atoms with E-state index in [-0.39, 0.29) is 5.78 Å². The van der Waals surface area contributed by atoms with Crippen molar-refractivity contribution >= 4 is 27.9 Å². The molecule has 0 saturated heterocycles. The van der Waals surface area contributed by atoms with Crippen LogP contribution in [0.15, 0.2) is 53.9 Å². The molecule has 1 heterocycles. The Morgan fingerprint density at radius 3 is 2.50 bits per heavy atom. The number of benzene rings is 2. The first-order chi connectivity index (χ1) is 8.77. The predicted molar refractivity (Wildman–Crippen MR) is 76.4 cm³/mol. The Morgan fingerprint density at radius 2 is 1.72 bits per heavy atom. The summed E-state index contributed by atoms with van der Waals surface area (Å²) >= 11 is 1.61. The van der Waals surface area contributed by atoms with E-state index >= 15 is 0 Å². The van der Waals surface area contributed by atoms with Crippen LogP contribution in [0.3, 0.4) is 0 Å². The van der Waals surface area contributed by atoms with Gasteiger partial charge in [-0.25, -0.2) is 0 Å². The molecule has 0 unspecified atom stereocenters. The number of thiophene rings is 1. The molecule has 2 aromatic carbocycles. The minimum Gasteiger partial charge on any atom is -0.289 e. The molecule has 0 N–H and O–H groups in total. The molecule has 3 aromatic rings. The third-order valence-electron chi connectivity index (χ3n) is 3.14. The lowest BCUT2D eigenvalue weighted by Crippen LogP contribution is -2.02. The third-order valence-corrected chi connectivity index (χ3v) is 3.98. The molecule has 88 valence electrons. The lowest BCUT2D eigenvalue weighted by molar-refractivity contribution is 0.104. The van der Waals surface area contributed by atoms with Crippen LogP contribution in [0.1, 0.15) is 20.8 Å². The van der Waals surface area contributed by atoms with E-state index in [0.29, 0.717) is 0 Å². The van der Waals surface area contributed by atoms with Gasteiger partial charge < -0.3 is 0 Å². The topological polar surface area (TPSA) is 17.1 Å². The molecular formula is C16H12OS. The van der Waals surface area contributed by atoms with Gasteiger partial charge >= 0.3 is 0 Å². The van der Waals surface area contributed by atoms with Crippen molar-refractivity contribution in [3.63, 3.8) is 0 Å². The van der Waals surface area contributed by atoms with Crippen molar-refractivity contribution in [2.24, 2.45) is 0 Å². The van der Waals surface area contributed by atoms with Gasteiger partial charge in [-0.3, -0.25) is 4.79 Å². The lowest BCUT2D eigenvalue weighted by atomic mass is 9.98. The van der Waals surface area contributed by atoms with E-state index in [1.54, 1.807) is 11.3 Å². The van der Waals surface area contributed by atoms with Gasteiger partial charge in [-0.2, -0.15) is 0 Å². The van der Waals surface area contributed by atoms with Crippen LogP contribution in [0.4, 0.5) is 0 Å². The third kappa shape index (κ3) is 1.75. The van der Waals surface area contributed by atoms with Crippen molar-refractivity contribution < 1.29 is 4.79 Å². The first kappa shape index (κ1) is 11.2. The van der Waals surface area contributed by atoms with Crippen LogP contribution in [0.25, 0.3) is 10.8 Å². The molecule has 18 heavy (non-hydrogen) atoms. The molecule has 3 rings (SSSR count). The van der Waals surface area contributed by atoms with Crippen molar-refractivity contribution in [3.8, 4) is 0 Å². The lowest BCUT2D eigenvalue weighted by Gasteiger charge is -2.05. The van der Waals surface area contributed by atoms with Crippen molar-refractivity contribution in [2.75, 3.05) is 0 Å². The van der Waals surface area contributed by atoms with Gasteiger partial charge in [0.1, 0.15) is 0 Å². The zero-order valence-corrected chi connectivity index (χ0v) is 10.8. The highest BCUT2D eigenvalue weighted by Gasteiger charge is 2.14. The molecule has 0 amide bonds. The maximum absolute atomic E-state index is 12.5. The second kappa shape index (κ2) is 4.39. The van der Waals surface area contributed by atoms with Crippen molar-refractivity contribution in [1.82, 2.24) is 0 Å². The highest BCUT2D eigenvalue weighted by molar-refractivity contribution is 7.10. The van der Waals surface area contributed by atoms with Gasteiger partial charge in [0.05, 0.1) is 0 Å². The molecule has 1 nitrogen and oxygen atoms in total. The first-order valence-electron chi connectivity index (χ1n) is 5.84. The average Bonchev–Trinajstić information content (AvgIpc) is 2.83. The van der Waals surface area contributed by atoms with Gasteiger partial charge in [0.2, 0.25) is 0 Å². The van der Waals surface area contributed by atoms with Crippen LogP contribution in [0.5, 0.6) is 0 Å². The van der Waals surface area contributed by atoms with E-state index in [1.165, 1.54) is 0 Å². The zero-order valence-electron chi connectivity index (χ0n) is 10.0. The number of carbonyl (C=O) groups is 1. The van der Waals surface area contributed by atoms with Crippen LogP contribution in [0, 0.1) is 6.92 Å².